The molecule has 1 aromatic heterocycles. The molecule has 2 aliphatic heterocycles. The largest absolute Gasteiger partial charge is 0.415 e. The number of hydrogen-bond acceptors (Lipinski definition) is 12. The molecule has 83 heavy (non-hydrogen) atoms. The number of amides is 5. The Balaban J connectivity index is 1.42. The molecule has 2 aromatic rings. The molecule has 0 bridgehead atoms. The van der Waals surface area contributed by atoms with Gasteiger partial charge in [0.1, 0.15) is 22.6 Å². The van der Waals surface area contributed by atoms with Gasteiger partial charge in [0.05, 0.1) is 48.7 Å². The number of carbonyl (C=O) groups excluding carboxylic acids is 6. The third-order valence-electron chi connectivity index (χ3n) is 17.9. The summed E-state index contributed by atoms with van der Waals surface area (Å²) in [5, 5.41) is 9.08. The molecule has 2 fully saturated rings. The summed E-state index contributed by atoms with van der Waals surface area (Å²) in [6, 6.07) is 4.76. The van der Waals surface area contributed by atoms with E-state index in [1.54, 1.807) is 49.4 Å². The predicted molar refractivity (Wildman–Crippen MR) is 335 cm³/mol. The van der Waals surface area contributed by atoms with Gasteiger partial charge in [-0.2, -0.15) is 0 Å². The van der Waals surface area contributed by atoms with Gasteiger partial charge in [0.25, 0.3) is 0 Å². The molecule has 0 aliphatic carbocycles. The van der Waals surface area contributed by atoms with Crippen molar-refractivity contribution in [3.05, 3.63) is 46.4 Å². The van der Waals surface area contributed by atoms with Crippen molar-refractivity contribution in [1.29, 1.82) is 0 Å². The lowest BCUT2D eigenvalue weighted by atomic mass is 9.79. The van der Waals surface area contributed by atoms with Crippen LogP contribution in [0.15, 0.2) is 35.8 Å². The van der Waals surface area contributed by atoms with Gasteiger partial charge in [0.2, 0.25) is 23.6 Å². The zero-order valence-electron chi connectivity index (χ0n) is 54.2. The molecule has 2 saturated heterocycles. The van der Waals surface area contributed by atoms with Gasteiger partial charge in [0.15, 0.2) is 16.3 Å². The molecule has 0 spiro atoms. The third-order valence-corrected chi connectivity index (χ3v) is 19.8. The highest BCUT2D eigenvalue weighted by Gasteiger charge is 2.44. The Labute approximate surface area is 512 Å². The van der Waals surface area contributed by atoms with Crippen LogP contribution in [0.1, 0.15) is 184 Å². The number of ether oxygens (including phenoxy) is 3. The van der Waals surface area contributed by atoms with Gasteiger partial charge in [-0.1, -0.05) is 141 Å². The first-order chi connectivity index (χ1) is 39.2. The Morgan fingerprint density at radius 2 is 1.48 bits per heavy atom. The minimum Gasteiger partial charge on any atom is -0.410 e. The van der Waals surface area contributed by atoms with Crippen LogP contribution in [0.5, 0.6) is 5.75 Å². The first kappa shape index (κ1) is 71.6. The molecule has 0 saturated carbocycles. The minimum absolute atomic E-state index is 0.00751. The number of benzene rings is 1. The molecule has 5 amide bonds. The van der Waals surface area contributed by atoms with Crippen LogP contribution in [0.2, 0.25) is 4.28 Å². The molecular weight excluding hydrogens is 1080 g/mol. The number of carbonyl (C=O) groups is 6. The number of piperidine rings is 1. The summed E-state index contributed by atoms with van der Waals surface area (Å²) in [7, 11) is 6.96. The second-order valence-corrected chi connectivity index (χ2v) is 28.4. The number of rotatable bonds is 34. The van der Waals surface area contributed by atoms with E-state index in [0.717, 1.165) is 68.5 Å². The summed E-state index contributed by atoms with van der Waals surface area (Å²) < 4.78 is 17.9. The van der Waals surface area contributed by atoms with E-state index < -0.39 is 48.4 Å². The van der Waals surface area contributed by atoms with Crippen LogP contribution in [0.3, 0.4) is 0 Å². The summed E-state index contributed by atoms with van der Waals surface area (Å²) in [5.74, 6) is 0.562. The standard InChI is InChI=1S/C65H108N7O9S.Al.H/c1-18-22-50(37-42(6)7)59(74)49-30-34-71(35-31-49)65(78)81-51-28-26-48(27-29-51)38-52(63-66-32-36-82-63)67-61(75)46(13)60(80-17)53-23-21-33-72(53)55(73)39-54(79-16)58(45(12)19-2)70(15)64(77)56(43(8)9)68-62(76)57(44(10)11)69(14)40-47(20-3)25-24-41(4)5;;/h26-29,32,36,41-47,49,52-54,56-58,60H,18-25,30-31,33-35,37-40H2,1-17H3,(H,67,75)(H,68,76);;/t45-,46+,47?,52-,53-,54+,56-,57-,58-,60+;;/m0../s1. The number of Topliss-reactive ketones (excluding diaryl/α,β-unsaturated/α-hetero) is 1. The molecule has 2 N–H and O–H groups in total. The van der Waals surface area contributed by atoms with E-state index in [1.807, 2.05) is 66.5 Å². The summed E-state index contributed by atoms with van der Waals surface area (Å²) >= 11 is 3.31. The van der Waals surface area contributed by atoms with Crippen LogP contribution in [-0.2, 0) is 39.9 Å². The second kappa shape index (κ2) is 34.4. The lowest BCUT2D eigenvalue weighted by molar-refractivity contribution is -0.148. The van der Waals surface area contributed by atoms with Crippen molar-refractivity contribution in [3.63, 3.8) is 0 Å². The quantitative estimate of drug-likeness (QED) is 0.0637. The number of methoxy groups -OCH3 is 2. The van der Waals surface area contributed by atoms with E-state index in [0.29, 0.717) is 74.6 Å². The maximum atomic E-state index is 14.8. The molecule has 4 rings (SSSR count). The molecule has 3 heterocycles. The number of likely N-dealkylation sites (N-methyl/N-ethyl adjacent to an activating group) is 2. The van der Waals surface area contributed by atoms with Gasteiger partial charge < -0.3 is 44.3 Å². The Morgan fingerprint density at radius 3 is 2.01 bits per heavy atom. The zero-order valence-corrected chi connectivity index (χ0v) is 56.4. The summed E-state index contributed by atoms with van der Waals surface area (Å²) in [6.45, 7) is 29.4. The van der Waals surface area contributed by atoms with Gasteiger partial charge >= 0.3 is 6.09 Å². The fourth-order valence-corrected chi connectivity index (χ4v) is 15.1. The van der Waals surface area contributed by atoms with Crippen molar-refractivity contribution in [2.24, 2.45) is 47.3 Å². The Hall–Kier alpha value is -3.92. The monoisotopic (exact) mass is 1190 g/mol. The zero-order chi connectivity index (χ0) is 61.9. The maximum absolute atomic E-state index is 14.8. The minimum atomic E-state index is -0.794. The van der Waals surface area contributed by atoms with Gasteiger partial charge in [-0.25, -0.2) is 9.78 Å². The first-order valence-electron chi connectivity index (χ1n) is 31.5. The van der Waals surface area contributed by atoms with Gasteiger partial charge in [-0.15, -0.1) is 11.3 Å². The highest BCUT2D eigenvalue weighted by molar-refractivity contribution is 7.09. The van der Waals surface area contributed by atoms with Crippen LogP contribution in [0, 0.1) is 47.3 Å². The molecule has 16 nitrogen and oxygen atoms in total. The summed E-state index contributed by atoms with van der Waals surface area (Å²) in [4.78, 5) is 97.3. The van der Waals surface area contributed by atoms with E-state index in [2.05, 4.69) is 89.8 Å². The van der Waals surface area contributed by atoms with Crippen molar-refractivity contribution in [3.8, 4) is 5.75 Å². The molecular formula is C65H109AlN7O9S. The van der Waals surface area contributed by atoms with Crippen molar-refractivity contribution < 1.29 is 43.0 Å². The lowest BCUT2D eigenvalue weighted by Crippen LogP contribution is -2.60. The van der Waals surface area contributed by atoms with Crippen molar-refractivity contribution >= 4 is 63.1 Å². The van der Waals surface area contributed by atoms with Crippen molar-refractivity contribution in [2.45, 2.75) is 220 Å². The Kier molecular flexibility index (Phi) is 29.7. The highest BCUT2D eigenvalue weighted by atomic mass is 32.1. The number of likely N-dealkylation sites (tertiary alicyclic amines) is 2. The third kappa shape index (κ3) is 20.3. The maximum Gasteiger partial charge on any atom is 0.415 e. The SMILES string of the molecule is CCC[C]([AlH])(CC(C)C)C(=O)C1CCN(C(=O)Oc2ccc(C[C@H](NC(=O)[C@H](C)[C@@H](OC)[C@@H]3CCCN3C(=O)C[C@@H](OC)[C@H]([C@@H](C)CC)N(C)C(=O)[C@@H](NC(=O)[C@H](C(C)C)N(C)CC(CC)CCC(C)C)C(C)C)c3nccs3)cc2)CC1. The van der Waals surface area contributed by atoms with Crippen LogP contribution in [-0.4, -0.2) is 167 Å². The normalized spacial score (nSPS) is 19.2. The van der Waals surface area contributed by atoms with Gasteiger partial charge in [0, 0.05) is 64.9 Å². The smallest absolute Gasteiger partial charge is 0.410 e. The second-order valence-electron chi connectivity index (χ2n) is 26.1. The number of hydrogen-bond donors (Lipinski definition) is 2. The fourth-order valence-electron chi connectivity index (χ4n) is 13.2. The topological polar surface area (TPSA) is 180 Å². The average Bonchev–Trinajstić information content (AvgIpc) is 4.28. The van der Waals surface area contributed by atoms with Crippen LogP contribution >= 0.6 is 11.3 Å². The molecule has 2 aliphatic rings. The Morgan fingerprint density at radius 1 is 0.819 bits per heavy atom. The van der Waals surface area contributed by atoms with E-state index in [4.69, 9.17) is 14.2 Å². The van der Waals surface area contributed by atoms with E-state index in [1.165, 1.54) is 11.3 Å². The summed E-state index contributed by atoms with van der Waals surface area (Å²) in [5.41, 5.74) is 0.904. The van der Waals surface area contributed by atoms with Crippen LogP contribution in [0.25, 0.3) is 0 Å². The van der Waals surface area contributed by atoms with Gasteiger partial charge in [-0.3, -0.25) is 24.1 Å². The number of thiazole rings is 1. The van der Waals surface area contributed by atoms with E-state index in [-0.39, 0.29) is 64.0 Å². The first-order valence-corrected chi connectivity index (χ1v) is 33.1. The van der Waals surface area contributed by atoms with E-state index >= 15 is 0 Å². The molecule has 11 atom stereocenters. The number of aromatic nitrogens is 1. The van der Waals surface area contributed by atoms with Crippen molar-refractivity contribution in [1.82, 2.24) is 35.2 Å². The number of nitrogens with zero attached hydrogens (tertiary/aromatic N) is 5. The molecule has 1 aromatic carbocycles. The van der Waals surface area contributed by atoms with E-state index in [9.17, 15) is 28.8 Å². The number of ketones is 1. The molecule has 2 unspecified atom stereocenters. The van der Waals surface area contributed by atoms with Crippen LogP contribution < -0.4 is 15.4 Å². The predicted octanol–water partition coefficient (Wildman–Crippen LogP) is 10.7. The Bertz CT molecular complexity index is 2310. The number of nitrogens with one attached hydrogen (secondary N) is 2. The highest BCUT2D eigenvalue weighted by Crippen LogP contribution is 2.42. The summed E-state index contributed by atoms with van der Waals surface area (Å²) in [6.07, 6.45) is 9.82. The molecule has 1 radical (unpaired) electrons. The van der Waals surface area contributed by atoms with Crippen molar-refractivity contribution in [2.75, 3.05) is 54.5 Å². The van der Waals surface area contributed by atoms with Gasteiger partial charge in [-0.05, 0) is 103 Å². The molecule has 18 heteroatoms. The lowest BCUT2D eigenvalue weighted by Gasteiger charge is -2.41. The average molecular weight is 1190 g/mol. The van der Waals surface area contributed by atoms with Crippen LogP contribution in [0.4, 0.5) is 4.79 Å². The fraction of sp³-hybridized carbons (Fsp3) is 0.769. The molecule has 467 valence electrons.